The SMILES string of the molecule is C=CC(=O)Cc1ccccc1Nc1ncc2c(n1)N(C1CCNCC1)C(=O)N(c1c(Cl)c(OC)cc(OC)c1Cl)C2. The summed E-state index contributed by atoms with van der Waals surface area (Å²) in [5.41, 5.74) is 2.49. The molecule has 10 nitrogen and oxygen atoms in total. The highest BCUT2D eigenvalue weighted by Gasteiger charge is 2.40. The Morgan fingerprint density at radius 2 is 1.85 bits per heavy atom. The van der Waals surface area contributed by atoms with Gasteiger partial charge in [-0.25, -0.2) is 9.78 Å². The van der Waals surface area contributed by atoms with E-state index in [0.29, 0.717) is 34.6 Å². The number of ketones is 1. The number of ether oxygens (including phenoxy) is 2. The van der Waals surface area contributed by atoms with Gasteiger partial charge in [0.05, 0.1) is 26.5 Å². The first-order chi connectivity index (χ1) is 19.9. The van der Waals surface area contributed by atoms with Crippen LogP contribution in [0.5, 0.6) is 11.5 Å². The Hall–Kier alpha value is -3.86. The van der Waals surface area contributed by atoms with Gasteiger partial charge in [0.15, 0.2) is 5.78 Å². The number of fused-ring (bicyclic) bond motifs is 1. The zero-order chi connectivity index (χ0) is 29.1. The van der Waals surface area contributed by atoms with E-state index in [2.05, 4.69) is 22.2 Å². The van der Waals surface area contributed by atoms with Gasteiger partial charge in [-0.3, -0.25) is 14.6 Å². The van der Waals surface area contributed by atoms with Crippen LogP contribution in [0.15, 0.2) is 49.2 Å². The number of piperidine rings is 1. The average Bonchev–Trinajstić information content (AvgIpc) is 2.99. The molecule has 0 unspecified atom stereocenters. The largest absolute Gasteiger partial charge is 0.495 e. The Labute approximate surface area is 248 Å². The molecule has 2 aliphatic heterocycles. The van der Waals surface area contributed by atoms with Crippen LogP contribution in [0.2, 0.25) is 10.0 Å². The molecule has 12 heteroatoms. The Morgan fingerprint density at radius 1 is 1.17 bits per heavy atom. The van der Waals surface area contributed by atoms with Gasteiger partial charge in [-0.1, -0.05) is 48.0 Å². The summed E-state index contributed by atoms with van der Waals surface area (Å²) in [5.74, 6) is 1.39. The number of allylic oxidation sites excluding steroid dienone is 1. The lowest BCUT2D eigenvalue weighted by Crippen LogP contribution is -2.55. The molecule has 2 aliphatic rings. The minimum absolute atomic E-state index is 0.0973. The smallest absolute Gasteiger partial charge is 0.330 e. The Morgan fingerprint density at radius 3 is 2.51 bits per heavy atom. The molecule has 3 heterocycles. The van der Waals surface area contributed by atoms with Gasteiger partial charge in [0.1, 0.15) is 27.4 Å². The number of hydrogen-bond donors (Lipinski definition) is 2. The first-order valence-electron chi connectivity index (χ1n) is 13.1. The highest BCUT2D eigenvalue weighted by molar-refractivity contribution is 6.42. The van der Waals surface area contributed by atoms with Crippen molar-refractivity contribution in [2.75, 3.05) is 42.4 Å². The van der Waals surface area contributed by atoms with Crippen LogP contribution in [0.25, 0.3) is 0 Å². The van der Waals surface area contributed by atoms with Gasteiger partial charge >= 0.3 is 6.03 Å². The van der Waals surface area contributed by atoms with Crippen LogP contribution in [-0.2, 0) is 17.8 Å². The molecule has 1 fully saturated rings. The predicted octanol–water partition coefficient (Wildman–Crippen LogP) is 5.54. The number of rotatable bonds is 9. The molecule has 0 spiro atoms. The number of aromatic nitrogens is 2. The number of amides is 2. The van der Waals surface area contributed by atoms with Crippen LogP contribution in [0.1, 0.15) is 24.0 Å². The zero-order valence-electron chi connectivity index (χ0n) is 22.7. The highest BCUT2D eigenvalue weighted by atomic mass is 35.5. The maximum absolute atomic E-state index is 14.3. The second kappa shape index (κ2) is 12.3. The molecule has 41 heavy (non-hydrogen) atoms. The topological polar surface area (TPSA) is 109 Å². The number of hydrogen-bond acceptors (Lipinski definition) is 8. The van der Waals surface area contributed by atoms with Crippen LogP contribution in [0.4, 0.5) is 27.9 Å². The van der Waals surface area contributed by atoms with Crippen LogP contribution in [-0.4, -0.2) is 55.1 Å². The summed E-state index contributed by atoms with van der Waals surface area (Å²) >= 11 is 13.4. The molecule has 0 radical (unpaired) electrons. The fourth-order valence-corrected chi connectivity index (χ4v) is 5.80. The van der Waals surface area contributed by atoms with E-state index in [0.717, 1.165) is 37.1 Å². The van der Waals surface area contributed by atoms with E-state index in [1.54, 1.807) is 17.2 Å². The highest BCUT2D eigenvalue weighted by Crippen LogP contribution is 2.48. The first-order valence-corrected chi connectivity index (χ1v) is 13.9. The number of nitrogens with one attached hydrogen (secondary N) is 2. The van der Waals surface area contributed by atoms with Crippen molar-refractivity contribution in [3.63, 3.8) is 0 Å². The molecule has 1 aromatic heterocycles. The van der Waals surface area contributed by atoms with Crippen LogP contribution in [0, 0.1) is 0 Å². The van der Waals surface area contributed by atoms with Gasteiger partial charge in [-0.2, -0.15) is 4.98 Å². The summed E-state index contributed by atoms with van der Waals surface area (Å²) in [6.07, 6.45) is 4.66. The maximum Gasteiger partial charge on any atom is 0.330 e. The summed E-state index contributed by atoms with van der Waals surface area (Å²) in [6, 6.07) is 8.60. The summed E-state index contributed by atoms with van der Waals surface area (Å²) in [6.45, 7) is 5.23. The molecule has 0 saturated carbocycles. The molecule has 0 atom stereocenters. The van der Waals surface area contributed by atoms with Crippen molar-refractivity contribution in [1.29, 1.82) is 0 Å². The minimum Gasteiger partial charge on any atom is -0.495 e. The first kappa shape index (κ1) is 28.7. The molecule has 2 aromatic carbocycles. The van der Waals surface area contributed by atoms with Crippen LogP contribution in [0.3, 0.4) is 0 Å². The number of benzene rings is 2. The van der Waals surface area contributed by atoms with E-state index in [9.17, 15) is 9.59 Å². The van der Waals surface area contributed by atoms with E-state index in [4.69, 9.17) is 37.7 Å². The summed E-state index contributed by atoms with van der Waals surface area (Å²) in [5, 5.41) is 6.98. The molecule has 5 rings (SSSR count). The van der Waals surface area contributed by atoms with E-state index in [1.807, 2.05) is 24.3 Å². The van der Waals surface area contributed by atoms with E-state index >= 15 is 0 Å². The van der Waals surface area contributed by atoms with Crippen molar-refractivity contribution in [2.45, 2.75) is 31.8 Å². The van der Waals surface area contributed by atoms with E-state index in [-0.39, 0.29) is 40.9 Å². The van der Waals surface area contributed by atoms with Gasteiger partial charge in [-0.05, 0) is 43.6 Å². The van der Waals surface area contributed by atoms with E-state index in [1.165, 1.54) is 25.2 Å². The Bertz CT molecular complexity index is 1470. The van der Waals surface area contributed by atoms with Crippen molar-refractivity contribution >= 4 is 58.2 Å². The number of nitrogens with zero attached hydrogens (tertiary/aromatic N) is 4. The number of anilines is 4. The second-order valence-corrected chi connectivity index (χ2v) is 10.4. The van der Waals surface area contributed by atoms with Gasteiger partial charge < -0.3 is 20.1 Å². The minimum atomic E-state index is -0.315. The zero-order valence-corrected chi connectivity index (χ0v) is 24.3. The molecule has 1 saturated heterocycles. The second-order valence-electron chi connectivity index (χ2n) is 9.65. The molecule has 0 aliphatic carbocycles. The third-order valence-corrected chi connectivity index (χ3v) is 7.92. The van der Waals surface area contributed by atoms with E-state index < -0.39 is 0 Å². The molecule has 2 amide bonds. The summed E-state index contributed by atoms with van der Waals surface area (Å²) < 4.78 is 10.9. The molecule has 2 N–H and O–H groups in total. The van der Waals surface area contributed by atoms with Crippen LogP contribution < -0.4 is 29.9 Å². The molecule has 214 valence electrons. The maximum atomic E-state index is 14.3. The van der Waals surface area contributed by atoms with Crippen molar-refractivity contribution in [3.8, 4) is 11.5 Å². The van der Waals surface area contributed by atoms with Crippen molar-refractivity contribution in [1.82, 2.24) is 15.3 Å². The normalized spacial score (nSPS) is 15.4. The number of carbonyl (C=O) groups excluding carboxylic acids is 2. The molecular weight excluding hydrogens is 567 g/mol. The van der Waals surface area contributed by atoms with Gasteiger partial charge in [0.2, 0.25) is 5.95 Å². The molecule has 3 aromatic rings. The third kappa shape index (κ3) is 5.68. The van der Waals surface area contributed by atoms with Gasteiger partial charge in [0.25, 0.3) is 0 Å². The number of carbonyl (C=O) groups is 2. The van der Waals surface area contributed by atoms with Gasteiger partial charge in [-0.15, -0.1) is 0 Å². The van der Waals surface area contributed by atoms with Crippen molar-refractivity contribution in [3.05, 3.63) is 70.4 Å². The Kier molecular flexibility index (Phi) is 8.63. The lowest BCUT2D eigenvalue weighted by Gasteiger charge is -2.42. The number of halogens is 2. The monoisotopic (exact) mass is 596 g/mol. The summed E-state index contributed by atoms with van der Waals surface area (Å²) in [7, 11) is 2.97. The molecule has 0 bridgehead atoms. The van der Waals surface area contributed by atoms with Crippen molar-refractivity contribution in [2.24, 2.45) is 0 Å². The quantitative estimate of drug-likeness (QED) is 0.310. The fraction of sp³-hybridized carbons (Fsp3) is 0.310. The lowest BCUT2D eigenvalue weighted by molar-refractivity contribution is -0.114. The van der Waals surface area contributed by atoms with Crippen LogP contribution >= 0.6 is 23.2 Å². The number of para-hydroxylation sites is 1. The fourth-order valence-electron chi connectivity index (χ4n) is 5.09. The Balaban J connectivity index is 1.57. The summed E-state index contributed by atoms with van der Waals surface area (Å²) in [4.78, 5) is 38.9. The third-order valence-electron chi connectivity index (χ3n) is 7.19. The van der Waals surface area contributed by atoms with Gasteiger partial charge in [0, 0.05) is 36.0 Å². The number of urea groups is 1. The number of methoxy groups -OCH3 is 2. The lowest BCUT2D eigenvalue weighted by atomic mass is 10.0. The standard InChI is InChI=1S/C29H30Cl2N6O4/c1-4-20(38)13-17-7-5-6-8-21(17)34-28-33-15-18-16-36(26-24(30)22(40-2)14-23(41-3)25(26)31)29(39)37(27(18)35-28)19-9-11-32-12-10-19/h4-8,14-15,19,32H,1,9-13,16H2,2-3H3,(H,33,34,35). The van der Waals surface area contributed by atoms with Crippen molar-refractivity contribution < 1.29 is 19.1 Å². The predicted molar refractivity (Wildman–Crippen MR) is 160 cm³/mol. The molecular formula is C29H30Cl2N6O4. The average molecular weight is 598 g/mol.